The van der Waals surface area contributed by atoms with Crippen molar-refractivity contribution in [1.82, 2.24) is 4.98 Å². The maximum atomic E-state index is 14.4. The topological polar surface area (TPSA) is 119 Å². The first-order valence-electron chi connectivity index (χ1n) is 13.3. The summed E-state index contributed by atoms with van der Waals surface area (Å²) in [6.07, 6.45) is 4.56. The molecule has 2 fully saturated rings. The first-order valence-corrected chi connectivity index (χ1v) is 14.1. The first-order chi connectivity index (χ1) is 18.9. The second-order valence-corrected chi connectivity index (χ2v) is 11.5. The van der Waals surface area contributed by atoms with Gasteiger partial charge < -0.3 is 19.0 Å². The minimum Gasteiger partial charge on any atom is -0.481 e. The number of carboxylic acid groups (broad SMARTS) is 1. The number of thiophene rings is 1. The van der Waals surface area contributed by atoms with Gasteiger partial charge in [-0.15, -0.1) is 11.3 Å². The number of ketones is 1. The van der Waals surface area contributed by atoms with Gasteiger partial charge in [0.2, 0.25) is 11.8 Å². The van der Waals surface area contributed by atoms with Crippen LogP contribution >= 0.6 is 11.3 Å². The normalized spacial score (nSPS) is 24.3. The Morgan fingerprint density at radius 3 is 2.67 bits per heavy atom. The Hall–Kier alpha value is -3.34. The minimum atomic E-state index is -1.41. The maximum absolute atomic E-state index is 14.4. The SMILES string of the molecule is Cc1c(-c2ncco2)sc2c1C(=O)[C@@]1(CCC(C(=O)O)C1)C(=O)N2CC(OC1CCOCC1)c1ccccc1. The molecule has 1 aliphatic carbocycles. The predicted octanol–water partition coefficient (Wildman–Crippen LogP) is 5.05. The van der Waals surface area contributed by atoms with Crippen molar-refractivity contribution >= 4 is 34.0 Å². The number of carbonyl (C=O) groups is 3. The van der Waals surface area contributed by atoms with Crippen LogP contribution in [0.15, 0.2) is 47.2 Å². The highest BCUT2D eigenvalue weighted by atomic mass is 32.1. The number of nitrogens with zero attached hydrogens (tertiary/aromatic N) is 2. The molecule has 2 aliphatic heterocycles. The Morgan fingerprint density at radius 2 is 2.00 bits per heavy atom. The van der Waals surface area contributed by atoms with Crippen molar-refractivity contribution in [3.05, 3.63) is 59.5 Å². The van der Waals surface area contributed by atoms with Crippen LogP contribution in [-0.2, 0) is 19.1 Å². The van der Waals surface area contributed by atoms with Crippen LogP contribution in [0.3, 0.4) is 0 Å². The van der Waals surface area contributed by atoms with E-state index in [1.54, 1.807) is 11.1 Å². The lowest BCUT2D eigenvalue weighted by Crippen LogP contribution is -2.53. The van der Waals surface area contributed by atoms with E-state index in [1.165, 1.54) is 17.6 Å². The van der Waals surface area contributed by atoms with Crippen LogP contribution in [-0.4, -0.2) is 53.6 Å². The van der Waals surface area contributed by atoms with Crippen molar-refractivity contribution in [1.29, 1.82) is 0 Å². The number of fused-ring (bicyclic) bond motifs is 1. The van der Waals surface area contributed by atoms with Gasteiger partial charge in [0.1, 0.15) is 22.8 Å². The number of amides is 1. The Bertz CT molecular complexity index is 1380. The smallest absolute Gasteiger partial charge is 0.306 e. The number of ether oxygens (including phenoxy) is 2. The number of carboxylic acids is 1. The number of rotatable bonds is 7. The average Bonchev–Trinajstić information content (AvgIpc) is 3.70. The number of aromatic nitrogens is 1. The fourth-order valence-corrected chi connectivity index (χ4v) is 7.36. The molecule has 1 saturated heterocycles. The highest BCUT2D eigenvalue weighted by Gasteiger charge is 2.59. The molecule has 3 aromatic rings. The van der Waals surface area contributed by atoms with Crippen LogP contribution in [0.4, 0.5) is 5.00 Å². The van der Waals surface area contributed by atoms with Crippen molar-refractivity contribution in [2.75, 3.05) is 24.7 Å². The molecule has 1 amide bonds. The van der Waals surface area contributed by atoms with E-state index in [0.717, 1.165) is 18.4 Å². The van der Waals surface area contributed by atoms with Gasteiger partial charge in [-0.25, -0.2) is 4.98 Å². The quantitative estimate of drug-likeness (QED) is 0.406. The highest BCUT2D eigenvalue weighted by Crippen LogP contribution is 2.54. The minimum absolute atomic E-state index is 0.00358. The summed E-state index contributed by atoms with van der Waals surface area (Å²) < 4.78 is 17.7. The third-order valence-electron chi connectivity index (χ3n) is 8.22. The standard InChI is InChI=1S/C29H30N2O7S/c1-17-22-24(32)29(10-7-19(15-29)27(33)34)28(35)31(26(22)39-23(17)25-30-11-14-37-25)16-21(18-5-3-2-4-6-18)38-20-8-12-36-13-9-20/h2-6,11,14,19-21H,7-10,12-13,15-16H2,1H3,(H,33,34)/t19?,21?,29-/m0/s1. The first kappa shape index (κ1) is 25.9. The van der Waals surface area contributed by atoms with E-state index >= 15 is 0 Å². The summed E-state index contributed by atoms with van der Waals surface area (Å²) in [5.74, 6) is -1.97. The number of hydrogen-bond acceptors (Lipinski definition) is 8. The summed E-state index contributed by atoms with van der Waals surface area (Å²) in [5.41, 5.74) is 0.673. The number of anilines is 1. The average molecular weight is 551 g/mol. The molecule has 6 rings (SSSR count). The van der Waals surface area contributed by atoms with Gasteiger partial charge in [-0.3, -0.25) is 19.3 Å². The van der Waals surface area contributed by atoms with E-state index in [-0.39, 0.29) is 43.6 Å². The molecule has 10 heteroatoms. The second-order valence-electron chi connectivity index (χ2n) is 10.5. The Morgan fingerprint density at radius 1 is 1.23 bits per heavy atom. The molecule has 9 nitrogen and oxygen atoms in total. The fourth-order valence-electron chi connectivity index (χ4n) is 6.11. The number of carbonyl (C=O) groups excluding carboxylic acids is 2. The molecule has 4 heterocycles. The molecule has 39 heavy (non-hydrogen) atoms. The van der Waals surface area contributed by atoms with E-state index in [4.69, 9.17) is 13.9 Å². The van der Waals surface area contributed by atoms with Crippen LogP contribution in [0, 0.1) is 18.3 Å². The van der Waals surface area contributed by atoms with Gasteiger partial charge in [0.25, 0.3) is 0 Å². The van der Waals surface area contributed by atoms with Gasteiger partial charge in [0.15, 0.2) is 5.78 Å². The van der Waals surface area contributed by atoms with E-state index in [1.807, 2.05) is 37.3 Å². The van der Waals surface area contributed by atoms with Crippen molar-refractivity contribution in [2.24, 2.45) is 11.3 Å². The number of oxazole rings is 1. The second kappa shape index (κ2) is 10.3. The summed E-state index contributed by atoms with van der Waals surface area (Å²) in [4.78, 5) is 47.0. The predicted molar refractivity (Wildman–Crippen MR) is 143 cm³/mol. The molecule has 1 aromatic carbocycles. The van der Waals surface area contributed by atoms with Crippen LogP contribution in [0.1, 0.15) is 59.7 Å². The monoisotopic (exact) mass is 550 g/mol. The molecule has 1 saturated carbocycles. The van der Waals surface area contributed by atoms with Crippen LogP contribution in [0.25, 0.3) is 10.8 Å². The summed E-state index contributed by atoms with van der Waals surface area (Å²) in [5, 5.41) is 10.3. The zero-order valence-corrected chi connectivity index (χ0v) is 22.4. The summed E-state index contributed by atoms with van der Waals surface area (Å²) >= 11 is 1.30. The van der Waals surface area contributed by atoms with E-state index in [0.29, 0.717) is 40.1 Å². The molecule has 1 N–H and O–H groups in total. The summed E-state index contributed by atoms with van der Waals surface area (Å²) in [7, 11) is 0. The lowest BCUT2D eigenvalue weighted by molar-refractivity contribution is -0.141. The summed E-state index contributed by atoms with van der Waals surface area (Å²) in [6, 6.07) is 9.77. The third-order valence-corrected chi connectivity index (χ3v) is 9.53. The Balaban J connectivity index is 1.44. The zero-order valence-electron chi connectivity index (χ0n) is 21.6. The lowest BCUT2D eigenvalue weighted by Gasteiger charge is -2.40. The van der Waals surface area contributed by atoms with Gasteiger partial charge in [0, 0.05) is 13.2 Å². The molecular weight excluding hydrogens is 520 g/mol. The largest absolute Gasteiger partial charge is 0.481 e. The molecule has 204 valence electrons. The van der Waals surface area contributed by atoms with Gasteiger partial charge in [-0.2, -0.15) is 0 Å². The van der Waals surface area contributed by atoms with Crippen LogP contribution in [0.5, 0.6) is 0 Å². The van der Waals surface area contributed by atoms with Crippen molar-refractivity contribution in [3.8, 4) is 10.8 Å². The number of Topliss-reactive ketones (excluding diaryl/α,β-unsaturated/α-hetero) is 1. The molecule has 0 radical (unpaired) electrons. The lowest BCUT2D eigenvalue weighted by atomic mass is 9.74. The fraction of sp³-hybridized carbons (Fsp3) is 0.448. The Labute approximate surface area is 229 Å². The Kier molecular flexibility index (Phi) is 6.86. The molecule has 1 spiro atoms. The summed E-state index contributed by atoms with van der Waals surface area (Å²) in [6.45, 7) is 3.28. The number of hydrogen-bond donors (Lipinski definition) is 1. The van der Waals surface area contributed by atoms with Gasteiger partial charge in [-0.1, -0.05) is 30.3 Å². The molecule has 2 aromatic heterocycles. The van der Waals surface area contributed by atoms with E-state index < -0.39 is 23.4 Å². The van der Waals surface area contributed by atoms with E-state index in [2.05, 4.69) is 4.98 Å². The van der Waals surface area contributed by atoms with Crippen LogP contribution in [0.2, 0.25) is 0 Å². The molecule has 3 aliphatic rings. The third kappa shape index (κ3) is 4.50. The zero-order chi connectivity index (χ0) is 27.1. The number of benzene rings is 1. The molecular formula is C29H30N2O7S. The number of aliphatic carboxylic acids is 1. The molecule has 2 unspecified atom stereocenters. The van der Waals surface area contributed by atoms with Crippen LogP contribution < -0.4 is 4.90 Å². The molecule has 3 atom stereocenters. The highest BCUT2D eigenvalue weighted by molar-refractivity contribution is 7.20. The van der Waals surface area contributed by atoms with Crippen molar-refractivity contribution < 1.29 is 33.4 Å². The van der Waals surface area contributed by atoms with Crippen molar-refractivity contribution in [2.45, 2.75) is 51.2 Å². The van der Waals surface area contributed by atoms with E-state index in [9.17, 15) is 19.5 Å². The van der Waals surface area contributed by atoms with Gasteiger partial charge in [0.05, 0.1) is 35.2 Å². The van der Waals surface area contributed by atoms with Gasteiger partial charge >= 0.3 is 5.97 Å². The maximum Gasteiger partial charge on any atom is 0.306 e. The van der Waals surface area contributed by atoms with Crippen molar-refractivity contribution in [3.63, 3.8) is 0 Å². The van der Waals surface area contributed by atoms with Gasteiger partial charge in [-0.05, 0) is 50.2 Å². The molecule has 0 bridgehead atoms.